The van der Waals surface area contributed by atoms with Gasteiger partial charge in [-0.1, -0.05) is 33.1 Å². The minimum Gasteiger partial charge on any atom is -0.406 e. The number of nitrogens with one attached hydrogen (secondary N) is 1. The molecule has 2 amide bonds. The van der Waals surface area contributed by atoms with E-state index in [4.69, 9.17) is 0 Å². The normalized spacial score (nSPS) is 16.2. The molecule has 1 aromatic rings. The molecule has 1 heterocycles. The maximum Gasteiger partial charge on any atom is 0.573 e. The number of piperidine rings is 1. The van der Waals surface area contributed by atoms with Crippen molar-refractivity contribution in [2.24, 2.45) is 11.8 Å². The van der Waals surface area contributed by atoms with Gasteiger partial charge in [-0.05, 0) is 49.4 Å². The van der Waals surface area contributed by atoms with E-state index in [1.807, 2.05) is 11.8 Å². The number of ether oxygens (including phenoxy) is 1. The molecule has 5 nitrogen and oxygen atoms in total. The highest BCUT2D eigenvalue weighted by Crippen LogP contribution is 2.26. The van der Waals surface area contributed by atoms with Gasteiger partial charge in [-0.25, -0.2) is 0 Å². The molecule has 1 unspecified atom stereocenters. The number of hydrogen-bond acceptors (Lipinski definition) is 3. The van der Waals surface area contributed by atoms with Crippen LogP contribution >= 0.6 is 0 Å². The third-order valence-corrected chi connectivity index (χ3v) is 5.43. The summed E-state index contributed by atoms with van der Waals surface area (Å²) >= 11 is 0. The van der Waals surface area contributed by atoms with Gasteiger partial charge < -0.3 is 15.0 Å². The van der Waals surface area contributed by atoms with Crippen LogP contribution in [0.5, 0.6) is 5.75 Å². The molecular weight excluding hydrogens is 397 g/mol. The van der Waals surface area contributed by atoms with Crippen molar-refractivity contribution in [3.63, 3.8) is 0 Å². The van der Waals surface area contributed by atoms with Crippen molar-refractivity contribution in [1.82, 2.24) is 4.90 Å². The van der Waals surface area contributed by atoms with Crippen LogP contribution in [0.3, 0.4) is 0 Å². The molecule has 0 aromatic heterocycles. The van der Waals surface area contributed by atoms with Gasteiger partial charge in [0, 0.05) is 31.1 Å². The van der Waals surface area contributed by atoms with E-state index in [0.29, 0.717) is 25.2 Å². The van der Waals surface area contributed by atoms with Crippen LogP contribution in [0.25, 0.3) is 0 Å². The molecular formula is C22H31F3N2O3. The molecule has 0 bridgehead atoms. The zero-order chi connectivity index (χ0) is 22.1. The third-order valence-electron chi connectivity index (χ3n) is 5.43. The monoisotopic (exact) mass is 428 g/mol. The van der Waals surface area contributed by atoms with E-state index in [9.17, 15) is 22.8 Å². The van der Waals surface area contributed by atoms with Crippen molar-refractivity contribution >= 4 is 17.5 Å². The highest BCUT2D eigenvalue weighted by atomic mass is 19.4. The standard InChI is InChI=1S/C22H31F3N2O3/c1-3-4-5-6-16(2)21(29)27-13-11-17(12-14-27)15-20(28)26-18-7-9-19(10-8-18)30-22(23,24)25/h7-10,16-17H,3-6,11-15H2,1-2H3,(H,26,28). The predicted molar refractivity (Wildman–Crippen MR) is 109 cm³/mol. The van der Waals surface area contributed by atoms with Crippen molar-refractivity contribution in [3.8, 4) is 5.75 Å². The topological polar surface area (TPSA) is 58.6 Å². The Morgan fingerprint density at radius 2 is 1.80 bits per heavy atom. The van der Waals surface area contributed by atoms with Crippen LogP contribution in [0, 0.1) is 11.8 Å². The average Bonchev–Trinajstić information content (AvgIpc) is 2.68. The fraction of sp³-hybridized carbons (Fsp3) is 0.636. The number of nitrogens with zero attached hydrogens (tertiary/aromatic N) is 1. The van der Waals surface area contributed by atoms with Gasteiger partial charge in [-0.2, -0.15) is 0 Å². The SMILES string of the molecule is CCCCCC(C)C(=O)N1CCC(CC(=O)Nc2ccc(OC(F)(F)F)cc2)CC1. The largest absolute Gasteiger partial charge is 0.573 e. The molecule has 1 aliphatic rings. The van der Waals surface area contributed by atoms with Gasteiger partial charge in [0.25, 0.3) is 0 Å². The number of benzene rings is 1. The fourth-order valence-electron chi connectivity index (χ4n) is 3.71. The highest BCUT2D eigenvalue weighted by Gasteiger charge is 2.31. The number of alkyl halides is 3. The molecule has 1 aromatic carbocycles. The van der Waals surface area contributed by atoms with Gasteiger partial charge in [-0.3, -0.25) is 9.59 Å². The number of unbranched alkanes of at least 4 members (excludes halogenated alkanes) is 2. The van der Waals surface area contributed by atoms with Crippen molar-refractivity contribution in [2.45, 2.75) is 65.2 Å². The van der Waals surface area contributed by atoms with Gasteiger partial charge >= 0.3 is 6.36 Å². The third kappa shape index (κ3) is 8.24. The molecule has 168 valence electrons. The van der Waals surface area contributed by atoms with Crippen LogP contribution in [0.1, 0.15) is 58.8 Å². The predicted octanol–water partition coefficient (Wildman–Crippen LogP) is 5.37. The summed E-state index contributed by atoms with van der Waals surface area (Å²) < 4.78 is 40.4. The molecule has 1 saturated heterocycles. The summed E-state index contributed by atoms with van der Waals surface area (Å²) in [7, 11) is 0. The molecule has 8 heteroatoms. The van der Waals surface area contributed by atoms with Crippen molar-refractivity contribution in [3.05, 3.63) is 24.3 Å². The van der Waals surface area contributed by atoms with Crippen molar-refractivity contribution in [2.75, 3.05) is 18.4 Å². The quantitative estimate of drug-likeness (QED) is 0.538. The van der Waals surface area contributed by atoms with E-state index in [1.165, 1.54) is 12.1 Å². The summed E-state index contributed by atoms with van der Waals surface area (Å²) in [6.45, 7) is 5.46. The highest BCUT2D eigenvalue weighted by molar-refractivity contribution is 5.90. The van der Waals surface area contributed by atoms with Crippen LogP contribution < -0.4 is 10.1 Å². The fourth-order valence-corrected chi connectivity index (χ4v) is 3.71. The second-order valence-electron chi connectivity index (χ2n) is 7.99. The second kappa shape index (κ2) is 11.2. The first kappa shape index (κ1) is 24.0. The minimum absolute atomic E-state index is 0.0423. The maximum atomic E-state index is 12.5. The molecule has 0 aliphatic carbocycles. The number of carbonyl (C=O) groups is 2. The minimum atomic E-state index is -4.74. The average molecular weight is 428 g/mol. The molecule has 1 fully saturated rings. The first-order valence-electron chi connectivity index (χ1n) is 10.6. The summed E-state index contributed by atoms with van der Waals surface area (Å²) in [5, 5.41) is 2.70. The smallest absolute Gasteiger partial charge is 0.406 e. The number of likely N-dealkylation sites (tertiary alicyclic amines) is 1. The number of carbonyl (C=O) groups excluding carboxylic acids is 2. The number of halogens is 3. The molecule has 1 atom stereocenters. The Balaban J connectivity index is 1.73. The molecule has 0 radical (unpaired) electrons. The zero-order valence-corrected chi connectivity index (χ0v) is 17.6. The Labute approximate surface area is 176 Å². The van der Waals surface area contributed by atoms with E-state index < -0.39 is 6.36 Å². The summed E-state index contributed by atoms with van der Waals surface area (Å²) in [5.41, 5.74) is 0.419. The van der Waals surface area contributed by atoms with E-state index in [1.54, 1.807) is 0 Å². The van der Waals surface area contributed by atoms with E-state index in [0.717, 1.165) is 50.7 Å². The summed E-state index contributed by atoms with van der Waals surface area (Å²) in [6, 6.07) is 5.07. The number of anilines is 1. The van der Waals surface area contributed by atoms with Crippen molar-refractivity contribution < 1.29 is 27.5 Å². The first-order chi connectivity index (χ1) is 14.2. The molecule has 30 heavy (non-hydrogen) atoms. The number of hydrogen-bond donors (Lipinski definition) is 1. The Morgan fingerprint density at radius 1 is 1.17 bits per heavy atom. The Hall–Kier alpha value is -2.25. The van der Waals surface area contributed by atoms with Crippen LogP contribution in [0.4, 0.5) is 18.9 Å². The van der Waals surface area contributed by atoms with Gasteiger partial charge in [-0.15, -0.1) is 13.2 Å². The van der Waals surface area contributed by atoms with E-state index >= 15 is 0 Å². The number of rotatable bonds is 9. The molecule has 1 N–H and O–H groups in total. The Bertz CT molecular complexity index is 684. The molecule has 0 saturated carbocycles. The molecule has 1 aliphatic heterocycles. The second-order valence-corrected chi connectivity index (χ2v) is 7.99. The van der Waals surface area contributed by atoms with Crippen LogP contribution in [-0.2, 0) is 9.59 Å². The van der Waals surface area contributed by atoms with E-state index in [2.05, 4.69) is 17.0 Å². The Morgan fingerprint density at radius 3 is 2.37 bits per heavy atom. The lowest BCUT2D eigenvalue weighted by molar-refractivity contribution is -0.274. The molecule has 2 rings (SSSR count). The summed E-state index contributed by atoms with van der Waals surface area (Å²) in [4.78, 5) is 26.7. The first-order valence-corrected chi connectivity index (χ1v) is 10.6. The van der Waals surface area contributed by atoms with Crippen molar-refractivity contribution in [1.29, 1.82) is 0 Å². The van der Waals surface area contributed by atoms with Crippen LogP contribution in [0.15, 0.2) is 24.3 Å². The molecule has 0 spiro atoms. The maximum absolute atomic E-state index is 12.5. The van der Waals surface area contributed by atoms with Crippen LogP contribution in [-0.4, -0.2) is 36.2 Å². The number of amides is 2. The van der Waals surface area contributed by atoms with Gasteiger partial charge in [0.15, 0.2) is 0 Å². The van der Waals surface area contributed by atoms with Gasteiger partial charge in [0.1, 0.15) is 5.75 Å². The summed E-state index contributed by atoms with van der Waals surface area (Å²) in [6.07, 6.45) is 1.42. The lowest BCUT2D eigenvalue weighted by atomic mass is 9.92. The lowest BCUT2D eigenvalue weighted by Crippen LogP contribution is -2.41. The van der Waals surface area contributed by atoms with Gasteiger partial charge in [0.2, 0.25) is 11.8 Å². The van der Waals surface area contributed by atoms with E-state index in [-0.39, 0.29) is 29.4 Å². The lowest BCUT2D eigenvalue weighted by Gasteiger charge is -2.33. The zero-order valence-electron chi connectivity index (χ0n) is 17.6. The van der Waals surface area contributed by atoms with Gasteiger partial charge in [0.05, 0.1) is 0 Å². The van der Waals surface area contributed by atoms with Crippen LogP contribution in [0.2, 0.25) is 0 Å². The Kier molecular flexibility index (Phi) is 8.99. The summed E-state index contributed by atoms with van der Waals surface area (Å²) in [5.74, 6) is -0.0770.